The highest BCUT2D eigenvalue weighted by atomic mass is 16.5. The third-order valence-electron chi connectivity index (χ3n) is 6.52. The highest BCUT2D eigenvalue weighted by molar-refractivity contribution is 6.46. The summed E-state index contributed by atoms with van der Waals surface area (Å²) in [5.74, 6) is -1.78. The predicted molar refractivity (Wildman–Crippen MR) is 136 cm³/mol. The lowest BCUT2D eigenvalue weighted by molar-refractivity contribution is -0.140. The lowest BCUT2D eigenvalue weighted by atomic mass is 9.95. The highest BCUT2D eigenvalue weighted by Gasteiger charge is 2.46. The number of ether oxygens (including phenoxy) is 1. The standard InChI is InChI=1S/C28H26N4O5/c1-4-37-21-13-19(9-10-20(21)33)24-22(26(35)28(36)32(24)15-18-8-5-11-29-14-18)25(34)23-17(3)31-12-6-7-16(2)27(31)30-23/h5-14,24,33-34H,4,15H2,1-3H3/b25-22+. The summed E-state index contributed by atoms with van der Waals surface area (Å²) in [6.07, 6.45) is 5.07. The summed E-state index contributed by atoms with van der Waals surface area (Å²) in [5.41, 5.74) is 3.55. The van der Waals surface area contributed by atoms with Crippen LogP contribution in [0.3, 0.4) is 0 Å². The van der Waals surface area contributed by atoms with Gasteiger partial charge in [-0.25, -0.2) is 4.98 Å². The van der Waals surface area contributed by atoms with Crippen molar-refractivity contribution in [1.82, 2.24) is 19.3 Å². The Morgan fingerprint density at radius 3 is 2.65 bits per heavy atom. The molecule has 1 saturated heterocycles. The summed E-state index contributed by atoms with van der Waals surface area (Å²) < 4.78 is 7.39. The Balaban J connectivity index is 1.72. The van der Waals surface area contributed by atoms with Gasteiger partial charge in [0.1, 0.15) is 11.3 Å². The lowest BCUT2D eigenvalue weighted by Gasteiger charge is -2.25. The molecule has 1 aliphatic heterocycles. The first-order valence-electron chi connectivity index (χ1n) is 11.9. The van der Waals surface area contributed by atoms with Crippen LogP contribution >= 0.6 is 0 Å². The van der Waals surface area contributed by atoms with Crippen LogP contribution in [-0.2, 0) is 16.1 Å². The third-order valence-corrected chi connectivity index (χ3v) is 6.52. The molecule has 9 nitrogen and oxygen atoms in total. The van der Waals surface area contributed by atoms with Gasteiger partial charge in [-0.05, 0) is 61.7 Å². The van der Waals surface area contributed by atoms with Gasteiger partial charge in [0.2, 0.25) is 0 Å². The maximum atomic E-state index is 13.4. The zero-order valence-corrected chi connectivity index (χ0v) is 20.7. The molecule has 1 unspecified atom stereocenters. The molecule has 4 heterocycles. The van der Waals surface area contributed by atoms with Crippen molar-refractivity contribution in [2.45, 2.75) is 33.4 Å². The average Bonchev–Trinajstić information content (AvgIpc) is 3.36. The molecule has 5 rings (SSSR count). The molecule has 1 amide bonds. The predicted octanol–water partition coefficient (Wildman–Crippen LogP) is 4.07. The average molecular weight is 499 g/mol. The van der Waals surface area contributed by atoms with Crippen LogP contribution in [0.15, 0.2) is 66.6 Å². The number of imidazole rings is 1. The number of benzene rings is 1. The summed E-state index contributed by atoms with van der Waals surface area (Å²) in [6.45, 7) is 5.89. The normalized spacial score (nSPS) is 17.1. The van der Waals surface area contributed by atoms with Crippen molar-refractivity contribution in [2.75, 3.05) is 6.61 Å². The Bertz CT molecular complexity index is 1560. The van der Waals surface area contributed by atoms with Gasteiger partial charge in [0.25, 0.3) is 11.7 Å². The SMILES string of the molecule is CCOc1cc(C2/C(=C(\O)c3nc4c(C)cccn4c3C)C(=O)C(=O)N2Cc2cccnc2)ccc1O. The highest BCUT2D eigenvalue weighted by Crippen LogP contribution is 2.42. The second-order valence-corrected chi connectivity index (χ2v) is 8.88. The van der Waals surface area contributed by atoms with E-state index in [0.29, 0.717) is 23.5 Å². The molecule has 4 aromatic rings. The summed E-state index contributed by atoms with van der Waals surface area (Å²) in [6, 6.07) is 11.0. The van der Waals surface area contributed by atoms with Crippen molar-refractivity contribution in [1.29, 1.82) is 0 Å². The van der Waals surface area contributed by atoms with E-state index in [9.17, 15) is 19.8 Å². The molecule has 0 bridgehead atoms. The number of nitrogens with zero attached hydrogens (tertiary/aromatic N) is 4. The molecule has 1 aromatic carbocycles. The van der Waals surface area contributed by atoms with E-state index in [1.807, 2.05) is 29.7 Å². The Hall–Kier alpha value is -4.66. The van der Waals surface area contributed by atoms with Gasteiger partial charge in [-0.3, -0.25) is 14.6 Å². The molecule has 188 valence electrons. The molecular formula is C28H26N4O5. The Morgan fingerprint density at radius 2 is 1.95 bits per heavy atom. The molecule has 2 N–H and O–H groups in total. The molecular weight excluding hydrogens is 472 g/mol. The maximum absolute atomic E-state index is 13.4. The zero-order valence-electron chi connectivity index (χ0n) is 20.7. The van der Waals surface area contributed by atoms with E-state index in [4.69, 9.17) is 4.74 Å². The van der Waals surface area contributed by atoms with Crippen molar-refractivity contribution in [2.24, 2.45) is 0 Å². The van der Waals surface area contributed by atoms with Crippen LogP contribution in [-0.4, -0.2) is 47.8 Å². The first-order valence-corrected chi connectivity index (χ1v) is 11.9. The number of aromatic hydroxyl groups is 1. The van der Waals surface area contributed by atoms with E-state index in [0.717, 1.165) is 11.1 Å². The Morgan fingerprint density at radius 1 is 1.14 bits per heavy atom. The second-order valence-electron chi connectivity index (χ2n) is 8.88. The second kappa shape index (κ2) is 9.42. The van der Waals surface area contributed by atoms with Crippen molar-refractivity contribution < 1.29 is 24.5 Å². The van der Waals surface area contributed by atoms with Crippen LogP contribution in [0.4, 0.5) is 0 Å². The molecule has 0 spiro atoms. The Labute approximate surface area is 213 Å². The first kappa shape index (κ1) is 24.1. The fourth-order valence-corrected chi connectivity index (χ4v) is 4.72. The number of fused-ring (bicyclic) bond motifs is 1. The van der Waals surface area contributed by atoms with Gasteiger partial charge in [-0.15, -0.1) is 0 Å². The number of amides is 1. The monoisotopic (exact) mass is 498 g/mol. The molecule has 0 saturated carbocycles. The maximum Gasteiger partial charge on any atom is 0.295 e. The fraction of sp³-hybridized carbons (Fsp3) is 0.214. The molecule has 1 atom stereocenters. The van der Waals surface area contributed by atoms with Gasteiger partial charge < -0.3 is 24.3 Å². The van der Waals surface area contributed by atoms with Gasteiger partial charge in [-0.2, -0.15) is 0 Å². The number of rotatable bonds is 6. The molecule has 3 aromatic heterocycles. The van der Waals surface area contributed by atoms with E-state index >= 15 is 0 Å². The summed E-state index contributed by atoms with van der Waals surface area (Å²) in [5, 5.41) is 21.8. The molecule has 1 aliphatic rings. The minimum absolute atomic E-state index is 0.0681. The summed E-state index contributed by atoms with van der Waals surface area (Å²) in [4.78, 5) is 36.9. The van der Waals surface area contributed by atoms with Crippen molar-refractivity contribution in [3.63, 3.8) is 0 Å². The largest absolute Gasteiger partial charge is 0.505 e. The smallest absolute Gasteiger partial charge is 0.295 e. The third kappa shape index (κ3) is 4.08. The molecule has 37 heavy (non-hydrogen) atoms. The quantitative estimate of drug-likeness (QED) is 0.234. The van der Waals surface area contributed by atoms with E-state index < -0.39 is 17.7 Å². The number of aliphatic hydroxyl groups excluding tert-OH is 1. The molecule has 0 radical (unpaired) electrons. The summed E-state index contributed by atoms with van der Waals surface area (Å²) >= 11 is 0. The number of pyridine rings is 2. The first-order chi connectivity index (χ1) is 17.8. The van der Waals surface area contributed by atoms with E-state index in [-0.39, 0.29) is 35.1 Å². The van der Waals surface area contributed by atoms with Crippen LogP contribution < -0.4 is 4.74 Å². The number of likely N-dealkylation sites (tertiary alicyclic amines) is 1. The van der Waals surface area contributed by atoms with Crippen LogP contribution in [0.2, 0.25) is 0 Å². The van der Waals surface area contributed by atoms with E-state index in [2.05, 4.69) is 9.97 Å². The van der Waals surface area contributed by atoms with Crippen molar-refractivity contribution in [3.8, 4) is 11.5 Å². The van der Waals surface area contributed by atoms with Gasteiger partial charge in [0.15, 0.2) is 17.3 Å². The number of phenolic OH excluding ortho intramolecular Hbond substituents is 1. The van der Waals surface area contributed by atoms with Crippen LogP contribution in [0, 0.1) is 13.8 Å². The molecule has 1 fully saturated rings. The number of hydrogen-bond acceptors (Lipinski definition) is 7. The van der Waals surface area contributed by atoms with E-state index in [1.54, 1.807) is 50.5 Å². The number of aromatic nitrogens is 3. The van der Waals surface area contributed by atoms with Crippen molar-refractivity contribution in [3.05, 3.63) is 94.7 Å². The number of carbonyl (C=O) groups is 2. The van der Waals surface area contributed by atoms with Crippen LogP contribution in [0.1, 0.15) is 41.0 Å². The van der Waals surface area contributed by atoms with Gasteiger partial charge in [-0.1, -0.05) is 18.2 Å². The van der Waals surface area contributed by atoms with Crippen LogP contribution in [0.5, 0.6) is 11.5 Å². The number of aliphatic hydroxyl groups is 1. The number of phenols is 1. The number of Topliss-reactive ketones (excluding diaryl/α,β-unsaturated/α-hetero) is 1. The molecule has 0 aliphatic carbocycles. The van der Waals surface area contributed by atoms with Crippen molar-refractivity contribution >= 4 is 23.1 Å². The zero-order chi connectivity index (χ0) is 26.3. The van der Waals surface area contributed by atoms with Crippen LogP contribution in [0.25, 0.3) is 11.4 Å². The van der Waals surface area contributed by atoms with Gasteiger partial charge in [0.05, 0.1) is 23.9 Å². The number of carbonyl (C=O) groups excluding carboxylic acids is 2. The van der Waals surface area contributed by atoms with Gasteiger partial charge in [0, 0.05) is 25.1 Å². The number of hydrogen-bond donors (Lipinski definition) is 2. The van der Waals surface area contributed by atoms with E-state index in [1.165, 1.54) is 11.0 Å². The minimum atomic E-state index is -0.940. The summed E-state index contributed by atoms with van der Waals surface area (Å²) in [7, 11) is 0. The van der Waals surface area contributed by atoms with Gasteiger partial charge >= 0.3 is 0 Å². The number of ketones is 1. The fourth-order valence-electron chi connectivity index (χ4n) is 4.72. The Kier molecular flexibility index (Phi) is 6.12. The molecule has 9 heteroatoms. The minimum Gasteiger partial charge on any atom is -0.505 e. The number of aryl methyl sites for hydroxylation is 2. The lowest BCUT2D eigenvalue weighted by Crippen LogP contribution is -2.29. The topological polar surface area (TPSA) is 117 Å².